The lowest BCUT2D eigenvalue weighted by Crippen LogP contribution is -2.27. The number of primary sulfonamides is 1. The minimum absolute atomic E-state index is 0.131. The van der Waals surface area contributed by atoms with E-state index in [9.17, 15) is 8.42 Å². The van der Waals surface area contributed by atoms with Gasteiger partial charge in [0.15, 0.2) is 0 Å². The molecule has 7 nitrogen and oxygen atoms in total. The maximum atomic E-state index is 10.8. The topological polar surface area (TPSA) is 99.9 Å². The maximum absolute atomic E-state index is 10.8. The summed E-state index contributed by atoms with van der Waals surface area (Å²) < 4.78 is 37.4. The average molecular weight is 304 g/mol. The first-order valence-electron chi connectivity index (χ1n) is 5.91. The molecule has 0 fully saturated rings. The fourth-order valence-corrected chi connectivity index (χ4v) is 2.11. The Labute approximate surface area is 119 Å². The third-order valence-corrected chi connectivity index (χ3v) is 3.46. The van der Waals surface area contributed by atoms with Crippen LogP contribution in [-0.2, 0) is 16.6 Å². The largest absolute Gasteiger partial charge is 0.496 e. The second-order valence-electron chi connectivity index (χ2n) is 4.05. The van der Waals surface area contributed by atoms with Crippen LogP contribution in [0.1, 0.15) is 5.56 Å². The van der Waals surface area contributed by atoms with Crippen LogP contribution in [0.5, 0.6) is 17.2 Å². The smallest absolute Gasteiger partial charge is 0.210 e. The molecule has 0 atom stereocenters. The van der Waals surface area contributed by atoms with Gasteiger partial charge in [-0.2, -0.15) is 0 Å². The number of methoxy groups -OCH3 is 3. The lowest BCUT2D eigenvalue weighted by atomic mass is 10.1. The SMILES string of the molecule is COc1cc(OC)c(CNCCS(N)(=O)=O)c(OC)c1. The van der Waals surface area contributed by atoms with Crippen molar-refractivity contribution in [1.29, 1.82) is 0 Å². The Bertz CT molecular complexity index is 520. The molecule has 0 aliphatic rings. The summed E-state index contributed by atoms with van der Waals surface area (Å²) in [5.74, 6) is 1.69. The minimum atomic E-state index is -3.47. The minimum Gasteiger partial charge on any atom is -0.496 e. The number of nitrogens with one attached hydrogen (secondary N) is 1. The van der Waals surface area contributed by atoms with Crippen molar-refractivity contribution >= 4 is 10.0 Å². The van der Waals surface area contributed by atoms with E-state index in [4.69, 9.17) is 19.3 Å². The van der Waals surface area contributed by atoms with Crippen LogP contribution in [0.15, 0.2) is 12.1 Å². The fourth-order valence-electron chi connectivity index (χ4n) is 1.68. The van der Waals surface area contributed by atoms with Gasteiger partial charge >= 0.3 is 0 Å². The predicted molar refractivity (Wildman–Crippen MR) is 75.8 cm³/mol. The number of nitrogens with two attached hydrogens (primary N) is 1. The van der Waals surface area contributed by atoms with Crippen molar-refractivity contribution in [3.05, 3.63) is 17.7 Å². The van der Waals surface area contributed by atoms with Crippen LogP contribution in [0.3, 0.4) is 0 Å². The Kier molecular flexibility index (Phi) is 6.05. The Morgan fingerprint density at radius 2 is 1.65 bits per heavy atom. The van der Waals surface area contributed by atoms with Gasteiger partial charge in [0.05, 0.1) is 32.6 Å². The molecule has 3 N–H and O–H groups in total. The van der Waals surface area contributed by atoms with Gasteiger partial charge in [0.2, 0.25) is 10.0 Å². The molecular formula is C12H20N2O5S. The van der Waals surface area contributed by atoms with Gasteiger partial charge < -0.3 is 19.5 Å². The van der Waals surface area contributed by atoms with Crippen LogP contribution >= 0.6 is 0 Å². The Balaban J connectivity index is 2.82. The van der Waals surface area contributed by atoms with E-state index in [1.165, 1.54) is 0 Å². The Morgan fingerprint density at radius 3 is 2.05 bits per heavy atom. The van der Waals surface area contributed by atoms with E-state index in [2.05, 4.69) is 5.32 Å². The molecule has 0 unspecified atom stereocenters. The number of rotatable bonds is 8. The van der Waals surface area contributed by atoms with Crippen LogP contribution in [0.25, 0.3) is 0 Å². The normalized spacial score (nSPS) is 11.2. The number of hydrogen-bond donors (Lipinski definition) is 2. The summed E-state index contributed by atoms with van der Waals surface area (Å²) >= 11 is 0. The number of hydrogen-bond acceptors (Lipinski definition) is 6. The number of sulfonamides is 1. The second kappa shape index (κ2) is 7.32. The van der Waals surface area contributed by atoms with Crippen molar-refractivity contribution in [3.63, 3.8) is 0 Å². The molecule has 114 valence electrons. The quantitative estimate of drug-likeness (QED) is 0.660. The first kappa shape index (κ1) is 16.5. The molecule has 0 saturated heterocycles. The number of benzene rings is 1. The summed E-state index contributed by atoms with van der Waals surface area (Å²) in [7, 11) is 1.18. The van der Waals surface area contributed by atoms with Crippen LogP contribution in [0.4, 0.5) is 0 Å². The zero-order valence-corrected chi connectivity index (χ0v) is 12.6. The highest BCUT2D eigenvalue weighted by Crippen LogP contribution is 2.33. The van der Waals surface area contributed by atoms with Gasteiger partial charge in [0.1, 0.15) is 17.2 Å². The van der Waals surface area contributed by atoms with E-state index in [-0.39, 0.29) is 12.3 Å². The highest BCUT2D eigenvalue weighted by Gasteiger charge is 2.13. The lowest BCUT2D eigenvalue weighted by molar-refractivity contribution is 0.367. The van der Waals surface area contributed by atoms with Gasteiger partial charge in [0, 0.05) is 25.2 Å². The fraction of sp³-hybridized carbons (Fsp3) is 0.500. The van der Waals surface area contributed by atoms with Crippen molar-refractivity contribution in [2.45, 2.75) is 6.54 Å². The molecule has 0 heterocycles. The Morgan fingerprint density at radius 1 is 1.10 bits per heavy atom. The van der Waals surface area contributed by atoms with Crippen molar-refractivity contribution in [3.8, 4) is 17.2 Å². The first-order valence-corrected chi connectivity index (χ1v) is 7.63. The molecule has 8 heteroatoms. The number of ether oxygens (including phenoxy) is 3. The van der Waals surface area contributed by atoms with Gasteiger partial charge in [-0.3, -0.25) is 0 Å². The van der Waals surface area contributed by atoms with E-state index in [0.29, 0.717) is 23.8 Å². The van der Waals surface area contributed by atoms with Crippen LogP contribution < -0.4 is 24.7 Å². The molecule has 0 aliphatic heterocycles. The molecule has 0 amide bonds. The molecular weight excluding hydrogens is 284 g/mol. The average Bonchev–Trinajstić information content (AvgIpc) is 2.41. The molecule has 20 heavy (non-hydrogen) atoms. The molecule has 1 aromatic carbocycles. The first-order chi connectivity index (χ1) is 9.41. The van der Waals surface area contributed by atoms with Gasteiger partial charge in [0.25, 0.3) is 0 Å². The van der Waals surface area contributed by atoms with E-state index < -0.39 is 10.0 Å². The molecule has 0 aromatic heterocycles. The zero-order valence-electron chi connectivity index (χ0n) is 11.8. The molecule has 0 radical (unpaired) electrons. The van der Waals surface area contributed by atoms with Crippen LogP contribution in [-0.4, -0.2) is 42.0 Å². The molecule has 1 aromatic rings. The monoisotopic (exact) mass is 304 g/mol. The molecule has 0 saturated carbocycles. The van der Waals surface area contributed by atoms with E-state index >= 15 is 0 Å². The van der Waals surface area contributed by atoms with Crippen molar-refractivity contribution in [1.82, 2.24) is 5.32 Å². The second-order valence-corrected chi connectivity index (χ2v) is 5.79. The molecule has 0 aliphatic carbocycles. The van der Waals surface area contributed by atoms with E-state index in [0.717, 1.165) is 5.56 Å². The molecule has 1 rings (SSSR count). The summed E-state index contributed by atoms with van der Waals surface area (Å²) in [4.78, 5) is 0. The van der Waals surface area contributed by atoms with Gasteiger partial charge in [-0.15, -0.1) is 0 Å². The highest BCUT2D eigenvalue weighted by molar-refractivity contribution is 7.89. The van der Waals surface area contributed by atoms with Crippen LogP contribution in [0.2, 0.25) is 0 Å². The third kappa shape index (κ3) is 4.87. The standard InChI is InChI=1S/C12H20N2O5S/c1-17-9-6-11(18-2)10(12(7-9)19-3)8-14-4-5-20(13,15)16/h6-7,14H,4-5,8H2,1-3H3,(H2,13,15,16). The van der Waals surface area contributed by atoms with E-state index in [1.807, 2.05) is 0 Å². The van der Waals surface area contributed by atoms with Crippen LogP contribution in [0, 0.1) is 0 Å². The predicted octanol–water partition coefficient (Wildman–Crippen LogP) is 0.0905. The maximum Gasteiger partial charge on any atom is 0.210 e. The van der Waals surface area contributed by atoms with Crippen molar-refractivity contribution < 1.29 is 22.6 Å². The van der Waals surface area contributed by atoms with Gasteiger partial charge in [-0.1, -0.05) is 0 Å². The lowest BCUT2D eigenvalue weighted by Gasteiger charge is -2.15. The van der Waals surface area contributed by atoms with Gasteiger partial charge in [-0.05, 0) is 0 Å². The van der Waals surface area contributed by atoms with Gasteiger partial charge in [-0.25, -0.2) is 13.6 Å². The third-order valence-electron chi connectivity index (χ3n) is 2.68. The van der Waals surface area contributed by atoms with Crippen molar-refractivity contribution in [2.75, 3.05) is 33.6 Å². The summed E-state index contributed by atoms with van der Waals surface area (Å²) in [6.07, 6.45) is 0. The van der Waals surface area contributed by atoms with E-state index in [1.54, 1.807) is 33.5 Å². The van der Waals surface area contributed by atoms with Crippen molar-refractivity contribution in [2.24, 2.45) is 5.14 Å². The summed E-state index contributed by atoms with van der Waals surface area (Å²) in [6.45, 7) is 0.642. The molecule has 0 bridgehead atoms. The zero-order chi connectivity index (χ0) is 15.2. The Hall–Kier alpha value is -1.51. The molecule has 0 spiro atoms. The summed E-state index contributed by atoms with van der Waals surface area (Å²) in [5.41, 5.74) is 0.783. The summed E-state index contributed by atoms with van der Waals surface area (Å²) in [6, 6.07) is 3.47. The summed E-state index contributed by atoms with van der Waals surface area (Å²) in [5, 5.41) is 7.92. The highest BCUT2D eigenvalue weighted by atomic mass is 32.2.